The first-order valence-corrected chi connectivity index (χ1v) is 12.7. The number of halogens is 1. The molecule has 0 spiro atoms. The number of rotatable bonds is 11. The highest BCUT2D eigenvalue weighted by molar-refractivity contribution is 6.02. The van der Waals surface area contributed by atoms with Gasteiger partial charge in [0.2, 0.25) is 17.8 Å². The van der Waals surface area contributed by atoms with E-state index in [1.54, 1.807) is 13.1 Å². The molecule has 1 aliphatic heterocycles. The molecule has 1 aromatic heterocycles. The van der Waals surface area contributed by atoms with E-state index in [0.29, 0.717) is 24.6 Å². The minimum atomic E-state index is -0.395. The van der Waals surface area contributed by atoms with Gasteiger partial charge in [-0.15, -0.1) is 0 Å². The quantitative estimate of drug-likeness (QED) is 0.242. The number of amides is 1. The number of fused-ring (bicyclic) bond motifs is 1. The fourth-order valence-electron chi connectivity index (χ4n) is 4.41. The minimum Gasteiger partial charge on any atom is -0.478 e. The molecule has 4 rings (SSSR count). The monoisotopic (exact) mass is 497 g/mol. The SMILES string of the molecule is CC/C(=C(/c1ccccc1)c1ccc2c(c1)C(F)=NC2)c1ccc(OCCCC/C=C/C(=O)NC)nc1. The molecule has 0 radical (unpaired) electrons. The average Bonchev–Trinajstić information content (AvgIpc) is 3.31. The van der Waals surface area contributed by atoms with Crippen LogP contribution in [0.3, 0.4) is 0 Å². The van der Waals surface area contributed by atoms with Crippen molar-refractivity contribution in [2.45, 2.75) is 39.2 Å². The van der Waals surface area contributed by atoms with Crippen LogP contribution in [0.25, 0.3) is 11.1 Å². The number of unbranched alkanes of at least 4 members (excludes halogenated alkanes) is 2. The van der Waals surface area contributed by atoms with Crippen LogP contribution >= 0.6 is 0 Å². The van der Waals surface area contributed by atoms with E-state index < -0.39 is 5.97 Å². The highest BCUT2D eigenvalue weighted by atomic mass is 19.1. The van der Waals surface area contributed by atoms with Gasteiger partial charge in [0.1, 0.15) is 0 Å². The Balaban J connectivity index is 1.53. The van der Waals surface area contributed by atoms with Gasteiger partial charge < -0.3 is 10.1 Å². The van der Waals surface area contributed by atoms with E-state index >= 15 is 0 Å². The van der Waals surface area contributed by atoms with E-state index in [1.165, 1.54) is 0 Å². The Morgan fingerprint density at radius 3 is 2.59 bits per heavy atom. The van der Waals surface area contributed by atoms with Crippen molar-refractivity contribution < 1.29 is 13.9 Å². The summed E-state index contributed by atoms with van der Waals surface area (Å²) >= 11 is 0. The Bertz CT molecular complexity index is 1310. The van der Waals surface area contributed by atoms with Gasteiger partial charge >= 0.3 is 0 Å². The minimum absolute atomic E-state index is 0.0892. The first-order chi connectivity index (χ1) is 18.1. The zero-order valence-electron chi connectivity index (χ0n) is 21.3. The molecule has 0 bridgehead atoms. The maximum atomic E-state index is 14.3. The molecule has 5 nitrogen and oxygen atoms in total. The molecular weight excluding hydrogens is 465 g/mol. The van der Waals surface area contributed by atoms with Gasteiger partial charge in [-0.1, -0.05) is 55.5 Å². The maximum absolute atomic E-state index is 14.3. The number of nitrogens with zero attached hydrogens (tertiary/aromatic N) is 2. The lowest BCUT2D eigenvalue weighted by Crippen LogP contribution is -2.13. The third-order valence-corrected chi connectivity index (χ3v) is 6.34. The molecule has 3 aromatic rings. The lowest BCUT2D eigenvalue weighted by atomic mass is 9.87. The Morgan fingerprint density at radius 1 is 1.05 bits per heavy atom. The summed E-state index contributed by atoms with van der Waals surface area (Å²) in [5.74, 6) is 0.0961. The van der Waals surface area contributed by atoms with Gasteiger partial charge in [0.25, 0.3) is 0 Å². The number of carbonyl (C=O) groups is 1. The summed E-state index contributed by atoms with van der Waals surface area (Å²) in [5.41, 5.74) is 6.71. The summed E-state index contributed by atoms with van der Waals surface area (Å²) in [6, 6.07) is 20.1. The number of likely N-dealkylation sites (N-methyl/N-ethyl adjacent to an activating group) is 1. The van der Waals surface area contributed by atoms with E-state index in [1.807, 2.05) is 54.7 Å². The van der Waals surface area contributed by atoms with Crippen LogP contribution in [0.1, 0.15) is 60.4 Å². The third kappa shape index (κ3) is 6.58. The van der Waals surface area contributed by atoms with Crippen LogP contribution in [0.2, 0.25) is 0 Å². The molecule has 2 heterocycles. The molecule has 0 saturated heterocycles. The van der Waals surface area contributed by atoms with Gasteiger partial charge in [0, 0.05) is 24.9 Å². The van der Waals surface area contributed by atoms with Crippen LogP contribution in [0, 0.1) is 0 Å². The first kappa shape index (κ1) is 26.0. The number of carbonyl (C=O) groups excluding carboxylic acids is 1. The van der Waals surface area contributed by atoms with Crippen molar-refractivity contribution in [1.29, 1.82) is 0 Å². The fourth-order valence-corrected chi connectivity index (χ4v) is 4.41. The highest BCUT2D eigenvalue weighted by Crippen LogP contribution is 2.36. The summed E-state index contributed by atoms with van der Waals surface area (Å²) in [6.45, 7) is 3.08. The van der Waals surface area contributed by atoms with E-state index in [0.717, 1.165) is 59.1 Å². The van der Waals surface area contributed by atoms with Crippen molar-refractivity contribution in [3.05, 3.63) is 107 Å². The Kier molecular flexibility index (Phi) is 8.98. The van der Waals surface area contributed by atoms with Gasteiger partial charge in [-0.05, 0) is 77.3 Å². The van der Waals surface area contributed by atoms with Gasteiger partial charge in [-0.3, -0.25) is 9.79 Å². The second-order valence-corrected chi connectivity index (χ2v) is 8.80. The number of nitrogens with one attached hydrogen (secondary N) is 1. The number of aromatic nitrogens is 1. The number of hydrogen-bond acceptors (Lipinski definition) is 4. The lowest BCUT2D eigenvalue weighted by Gasteiger charge is -2.17. The highest BCUT2D eigenvalue weighted by Gasteiger charge is 2.19. The van der Waals surface area contributed by atoms with E-state index in [9.17, 15) is 9.18 Å². The number of benzene rings is 2. The van der Waals surface area contributed by atoms with Crippen molar-refractivity contribution >= 4 is 23.0 Å². The molecular formula is C31H32FN3O2. The summed E-state index contributed by atoms with van der Waals surface area (Å²) in [7, 11) is 1.62. The van der Waals surface area contributed by atoms with Gasteiger partial charge in [-0.2, -0.15) is 4.39 Å². The van der Waals surface area contributed by atoms with E-state index in [2.05, 4.69) is 40.4 Å². The largest absolute Gasteiger partial charge is 0.478 e. The van der Waals surface area contributed by atoms with E-state index in [-0.39, 0.29) is 5.91 Å². The molecule has 0 fully saturated rings. The molecule has 2 aromatic carbocycles. The van der Waals surface area contributed by atoms with E-state index in [4.69, 9.17) is 4.74 Å². The fraction of sp³-hybridized carbons (Fsp3) is 0.258. The zero-order valence-corrected chi connectivity index (χ0v) is 21.3. The van der Waals surface area contributed by atoms with Crippen molar-refractivity contribution in [3.63, 3.8) is 0 Å². The molecule has 0 unspecified atom stereocenters. The van der Waals surface area contributed by atoms with Crippen molar-refractivity contribution in [2.24, 2.45) is 4.99 Å². The molecule has 1 N–H and O–H groups in total. The van der Waals surface area contributed by atoms with Crippen LogP contribution < -0.4 is 10.1 Å². The summed E-state index contributed by atoms with van der Waals surface area (Å²) in [5, 5.41) is 2.56. The predicted molar refractivity (Wildman–Crippen MR) is 147 cm³/mol. The Hall–Kier alpha value is -4.06. The average molecular weight is 498 g/mol. The number of allylic oxidation sites excluding steroid dienone is 2. The summed E-state index contributed by atoms with van der Waals surface area (Å²) < 4.78 is 20.2. The van der Waals surface area contributed by atoms with Crippen molar-refractivity contribution in [3.8, 4) is 5.88 Å². The van der Waals surface area contributed by atoms with Crippen LogP contribution in [0.4, 0.5) is 4.39 Å². The second-order valence-electron chi connectivity index (χ2n) is 8.80. The standard InChI is InChI=1S/C31H32FN3O2/c1-3-26(24-16-17-29(34-20-24)37-18-10-5-4-9-13-28(36)33-2)30(22-11-7-6-8-12-22)23-14-15-25-21-35-31(32)27(25)19-23/h6-9,11-17,19-20H,3-5,10,18,21H2,1-2H3,(H,33,36)/b13-9+,30-26+. The summed E-state index contributed by atoms with van der Waals surface area (Å²) in [4.78, 5) is 19.7. The second kappa shape index (κ2) is 12.8. The van der Waals surface area contributed by atoms with Gasteiger partial charge in [0.05, 0.1) is 13.2 Å². The van der Waals surface area contributed by atoms with Crippen molar-refractivity contribution in [2.75, 3.05) is 13.7 Å². The maximum Gasteiger partial charge on any atom is 0.243 e. The molecule has 190 valence electrons. The lowest BCUT2D eigenvalue weighted by molar-refractivity contribution is -0.116. The van der Waals surface area contributed by atoms with Crippen LogP contribution in [0.15, 0.2) is 84.0 Å². The number of hydrogen-bond donors (Lipinski definition) is 1. The van der Waals surface area contributed by atoms with Crippen LogP contribution in [-0.4, -0.2) is 30.5 Å². The smallest absolute Gasteiger partial charge is 0.243 e. The molecule has 0 atom stereocenters. The molecule has 0 saturated carbocycles. The Labute approximate surface area is 217 Å². The van der Waals surface area contributed by atoms with Crippen LogP contribution in [0.5, 0.6) is 5.88 Å². The third-order valence-electron chi connectivity index (χ3n) is 6.34. The number of ether oxygens (including phenoxy) is 1. The van der Waals surface area contributed by atoms with Crippen LogP contribution in [-0.2, 0) is 11.3 Å². The first-order valence-electron chi connectivity index (χ1n) is 12.7. The normalized spacial score (nSPS) is 13.2. The molecule has 6 heteroatoms. The number of aliphatic imine (C=N–C) groups is 1. The zero-order chi connectivity index (χ0) is 26.0. The van der Waals surface area contributed by atoms with Gasteiger partial charge in [-0.25, -0.2) is 4.98 Å². The topological polar surface area (TPSA) is 63.6 Å². The molecule has 0 aliphatic carbocycles. The summed E-state index contributed by atoms with van der Waals surface area (Å²) in [6.07, 6.45) is 8.68. The molecule has 1 amide bonds. The van der Waals surface area contributed by atoms with Gasteiger partial charge in [0.15, 0.2) is 0 Å². The Morgan fingerprint density at radius 2 is 1.86 bits per heavy atom. The number of pyridine rings is 1. The molecule has 1 aliphatic rings. The van der Waals surface area contributed by atoms with Crippen molar-refractivity contribution in [1.82, 2.24) is 10.3 Å². The predicted octanol–water partition coefficient (Wildman–Crippen LogP) is 6.53. The molecule has 37 heavy (non-hydrogen) atoms.